The molecule has 1 saturated heterocycles. The number of carbonyl (C=O) groups excluding carboxylic acids is 2. The second-order valence-corrected chi connectivity index (χ2v) is 8.92. The maximum Gasteiger partial charge on any atom is 0.321 e. The van der Waals surface area contributed by atoms with Crippen molar-refractivity contribution in [2.75, 3.05) is 26.7 Å². The van der Waals surface area contributed by atoms with Crippen LogP contribution in [-0.2, 0) is 24.3 Å². The molecule has 0 saturated carbocycles. The predicted octanol–water partition coefficient (Wildman–Crippen LogP) is 1.95. The van der Waals surface area contributed by atoms with E-state index in [1.807, 2.05) is 13.8 Å². The topological polar surface area (TPSA) is 84.0 Å². The van der Waals surface area contributed by atoms with E-state index in [9.17, 15) is 18.0 Å². The molecule has 7 nitrogen and oxygen atoms in total. The first-order valence-electron chi connectivity index (χ1n) is 9.23. The molecule has 8 heteroatoms. The van der Waals surface area contributed by atoms with Crippen molar-refractivity contribution in [2.45, 2.75) is 50.5 Å². The smallest absolute Gasteiger partial charge is 0.321 e. The summed E-state index contributed by atoms with van der Waals surface area (Å²) in [6.07, 6.45) is 3.89. The zero-order valence-corrected chi connectivity index (χ0v) is 17.0. The van der Waals surface area contributed by atoms with Crippen molar-refractivity contribution in [3.05, 3.63) is 29.8 Å². The molecule has 0 unspecified atom stereocenters. The van der Waals surface area contributed by atoms with Gasteiger partial charge >= 0.3 is 5.97 Å². The van der Waals surface area contributed by atoms with Crippen LogP contribution in [0.4, 0.5) is 0 Å². The fourth-order valence-corrected chi connectivity index (χ4v) is 4.30. The standard InChI is InChI=1S/C19H28N2O5S/c1-4-16-7-5-6-12-21(16)18(22)14-26-19(23)13-20(3)27(24,25)17-10-8-15(2)9-11-17/h8-11,16H,4-7,12-14H2,1-3H3/t16-/m1/s1. The van der Waals surface area contributed by atoms with Gasteiger partial charge in [-0.05, 0) is 44.7 Å². The van der Waals surface area contributed by atoms with Crippen LogP contribution >= 0.6 is 0 Å². The van der Waals surface area contributed by atoms with E-state index < -0.39 is 22.5 Å². The van der Waals surface area contributed by atoms with E-state index in [1.165, 1.54) is 19.2 Å². The molecule has 1 amide bonds. The molecule has 1 fully saturated rings. The molecule has 1 aliphatic rings. The van der Waals surface area contributed by atoms with Crippen LogP contribution in [0.25, 0.3) is 0 Å². The number of benzene rings is 1. The van der Waals surface area contributed by atoms with Gasteiger partial charge in [-0.3, -0.25) is 9.59 Å². The highest BCUT2D eigenvalue weighted by Gasteiger charge is 2.27. The molecule has 0 aliphatic carbocycles. The van der Waals surface area contributed by atoms with Crippen molar-refractivity contribution in [1.82, 2.24) is 9.21 Å². The Bertz CT molecular complexity index is 761. The monoisotopic (exact) mass is 396 g/mol. The van der Waals surface area contributed by atoms with E-state index in [-0.39, 0.29) is 23.5 Å². The third kappa shape index (κ3) is 5.52. The number of likely N-dealkylation sites (N-methyl/N-ethyl adjacent to an activating group) is 1. The van der Waals surface area contributed by atoms with Crippen LogP contribution in [0.3, 0.4) is 0 Å². The van der Waals surface area contributed by atoms with Crippen molar-refractivity contribution in [3.8, 4) is 0 Å². The summed E-state index contributed by atoms with van der Waals surface area (Å²) in [7, 11) is -2.47. The van der Waals surface area contributed by atoms with Gasteiger partial charge in [0.2, 0.25) is 10.0 Å². The Kier molecular flexibility index (Phi) is 7.38. The van der Waals surface area contributed by atoms with E-state index in [4.69, 9.17) is 4.74 Å². The first-order chi connectivity index (χ1) is 12.8. The number of carbonyl (C=O) groups is 2. The van der Waals surface area contributed by atoms with Crippen LogP contribution in [0.5, 0.6) is 0 Å². The number of hydrogen-bond acceptors (Lipinski definition) is 5. The summed E-state index contributed by atoms with van der Waals surface area (Å²) in [4.78, 5) is 26.2. The van der Waals surface area contributed by atoms with Crippen LogP contribution in [0.15, 0.2) is 29.2 Å². The molecule has 1 atom stereocenters. The molecule has 0 N–H and O–H groups in total. The van der Waals surface area contributed by atoms with Crippen LogP contribution in [0.2, 0.25) is 0 Å². The molecule has 1 aromatic rings. The zero-order chi connectivity index (χ0) is 20.0. The Hall–Kier alpha value is -1.93. The summed E-state index contributed by atoms with van der Waals surface area (Å²) < 4.78 is 30.9. The number of ether oxygens (including phenoxy) is 1. The SMILES string of the molecule is CC[C@@H]1CCCCN1C(=O)COC(=O)CN(C)S(=O)(=O)c1ccc(C)cc1. The highest BCUT2D eigenvalue weighted by molar-refractivity contribution is 7.89. The lowest BCUT2D eigenvalue weighted by Crippen LogP contribution is -2.45. The molecular weight excluding hydrogens is 368 g/mol. The fourth-order valence-electron chi connectivity index (χ4n) is 3.18. The number of nitrogens with zero attached hydrogens (tertiary/aromatic N) is 2. The third-order valence-electron chi connectivity index (χ3n) is 4.86. The number of hydrogen-bond donors (Lipinski definition) is 0. The molecule has 27 heavy (non-hydrogen) atoms. The Morgan fingerprint density at radius 2 is 1.89 bits per heavy atom. The number of aryl methyl sites for hydroxylation is 1. The summed E-state index contributed by atoms with van der Waals surface area (Å²) >= 11 is 0. The van der Waals surface area contributed by atoms with Gasteiger partial charge in [-0.2, -0.15) is 4.31 Å². The maximum absolute atomic E-state index is 12.5. The number of rotatable bonds is 7. The van der Waals surface area contributed by atoms with Gasteiger partial charge in [0.1, 0.15) is 6.54 Å². The van der Waals surface area contributed by atoms with Crippen LogP contribution in [-0.4, -0.2) is 62.3 Å². The lowest BCUT2D eigenvalue weighted by molar-refractivity contribution is -0.153. The second-order valence-electron chi connectivity index (χ2n) is 6.88. The van der Waals surface area contributed by atoms with E-state index in [0.29, 0.717) is 6.54 Å². The van der Waals surface area contributed by atoms with E-state index >= 15 is 0 Å². The Labute approximate surface area is 161 Å². The van der Waals surface area contributed by atoms with Crippen molar-refractivity contribution in [2.24, 2.45) is 0 Å². The maximum atomic E-state index is 12.5. The highest BCUT2D eigenvalue weighted by atomic mass is 32.2. The first-order valence-corrected chi connectivity index (χ1v) is 10.7. The highest BCUT2D eigenvalue weighted by Crippen LogP contribution is 2.19. The van der Waals surface area contributed by atoms with Gasteiger partial charge in [0.25, 0.3) is 5.91 Å². The minimum absolute atomic E-state index is 0.110. The number of amides is 1. The minimum atomic E-state index is -3.79. The fraction of sp³-hybridized carbons (Fsp3) is 0.579. The molecule has 2 rings (SSSR count). The molecular formula is C19H28N2O5S. The van der Waals surface area contributed by atoms with Gasteiger partial charge < -0.3 is 9.64 Å². The van der Waals surface area contributed by atoms with Gasteiger partial charge in [-0.15, -0.1) is 0 Å². The molecule has 0 radical (unpaired) electrons. The van der Waals surface area contributed by atoms with Crippen molar-refractivity contribution < 1.29 is 22.7 Å². The molecule has 1 heterocycles. The number of sulfonamides is 1. The first kappa shape index (κ1) is 21.4. The Morgan fingerprint density at radius 3 is 2.52 bits per heavy atom. The molecule has 0 spiro atoms. The normalized spacial score (nSPS) is 17.8. The van der Waals surface area contributed by atoms with Gasteiger partial charge in [0.05, 0.1) is 4.90 Å². The summed E-state index contributed by atoms with van der Waals surface area (Å²) in [6.45, 7) is 3.78. The Balaban J connectivity index is 1.89. The Morgan fingerprint density at radius 1 is 1.22 bits per heavy atom. The van der Waals surface area contributed by atoms with E-state index in [1.54, 1.807) is 17.0 Å². The second kappa shape index (κ2) is 9.32. The van der Waals surface area contributed by atoms with Crippen molar-refractivity contribution in [3.63, 3.8) is 0 Å². The number of esters is 1. The predicted molar refractivity (Wildman–Crippen MR) is 102 cm³/mol. The summed E-state index contributed by atoms with van der Waals surface area (Å²) in [5, 5.41) is 0. The summed E-state index contributed by atoms with van der Waals surface area (Å²) in [5.74, 6) is -0.967. The van der Waals surface area contributed by atoms with Gasteiger partial charge in [-0.1, -0.05) is 24.6 Å². The quantitative estimate of drug-likeness (QED) is 0.658. The molecule has 0 bridgehead atoms. The van der Waals surface area contributed by atoms with E-state index in [0.717, 1.165) is 35.6 Å². The van der Waals surface area contributed by atoms with E-state index in [2.05, 4.69) is 0 Å². The molecule has 150 valence electrons. The average Bonchev–Trinajstić information content (AvgIpc) is 2.66. The summed E-state index contributed by atoms with van der Waals surface area (Å²) in [5.41, 5.74) is 0.942. The van der Waals surface area contributed by atoms with Gasteiger partial charge in [-0.25, -0.2) is 8.42 Å². The number of likely N-dealkylation sites (tertiary alicyclic amines) is 1. The van der Waals surface area contributed by atoms with Crippen molar-refractivity contribution >= 4 is 21.9 Å². The third-order valence-corrected chi connectivity index (χ3v) is 6.67. The molecule has 1 aliphatic heterocycles. The number of piperidine rings is 1. The molecule has 1 aromatic carbocycles. The largest absolute Gasteiger partial charge is 0.455 e. The molecule has 0 aromatic heterocycles. The average molecular weight is 397 g/mol. The van der Waals surface area contributed by atoms with Gasteiger partial charge in [0, 0.05) is 19.6 Å². The lowest BCUT2D eigenvalue weighted by atomic mass is 10.00. The minimum Gasteiger partial charge on any atom is -0.455 e. The van der Waals surface area contributed by atoms with Crippen LogP contribution in [0.1, 0.15) is 38.2 Å². The van der Waals surface area contributed by atoms with Crippen LogP contribution in [0, 0.1) is 6.92 Å². The van der Waals surface area contributed by atoms with Crippen molar-refractivity contribution in [1.29, 1.82) is 0 Å². The van der Waals surface area contributed by atoms with Crippen LogP contribution < -0.4 is 0 Å². The van der Waals surface area contributed by atoms with Gasteiger partial charge in [0.15, 0.2) is 6.61 Å². The lowest BCUT2D eigenvalue weighted by Gasteiger charge is -2.35. The zero-order valence-electron chi connectivity index (χ0n) is 16.2. The summed E-state index contributed by atoms with van der Waals surface area (Å²) in [6, 6.07) is 6.57.